The fourth-order valence-corrected chi connectivity index (χ4v) is 3.75. The Hall–Kier alpha value is -2.01. The molecule has 0 amide bonds. The number of nitrogens with zero attached hydrogens (tertiary/aromatic N) is 3. The Morgan fingerprint density at radius 1 is 1.26 bits per heavy atom. The molecule has 0 spiro atoms. The molecule has 2 aromatic rings. The first-order valence-electron chi connectivity index (χ1n) is 10.4. The lowest BCUT2D eigenvalue weighted by Crippen LogP contribution is -2.40. The van der Waals surface area contributed by atoms with Gasteiger partial charge in [0.25, 0.3) is 0 Å². The summed E-state index contributed by atoms with van der Waals surface area (Å²) in [6, 6.07) is 10.7. The number of aromatic nitrogens is 1. The third-order valence-electron chi connectivity index (χ3n) is 5.41. The predicted molar refractivity (Wildman–Crippen MR) is 113 cm³/mol. The molecule has 0 aliphatic carbocycles. The molecule has 1 N–H and O–H groups in total. The van der Waals surface area contributed by atoms with E-state index in [1.165, 1.54) is 30.2 Å². The van der Waals surface area contributed by atoms with Crippen molar-refractivity contribution in [2.75, 3.05) is 39.9 Å². The van der Waals surface area contributed by atoms with Gasteiger partial charge in [-0.3, -0.25) is 4.99 Å². The fourth-order valence-electron chi connectivity index (χ4n) is 3.75. The second-order valence-electron chi connectivity index (χ2n) is 7.42. The summed E-state index contributed by atoms with van der Waals surface area (Å²) in [7, 11) is 2.15. The molecule has 0 radical (unpaired) electrons. The van der Waals surface area contributed by atoms with Gasteiger partial charge in [-0.15, -0.1) is 0 Å². The lowest BCUT2D eigenvalue weighted by atomic mass is 9.96. The van der Waals surface area contributed by atoms with Crippen molar-refractivity contribution < 1.29 is 4.74 Å². The maximum absolute atomic E-state index is 5.46. The summed E-state index contributed by atoms with van der Waals surface area (Å²) in [5.74, 6) is 1.83. The third kappa shape index (κ3) is 5.73. The lowest BCUT2D eigenvalue weighted by Gasteiger charge is -2.26. The number of nitrogens with one attached hydrogen (secondary N) is 1. The molecular weight excluding hydrogens is 336 g/mol. The molecule has 1 saturated heterocycles. The highest BCUT2D eigenvalue weighted by molar-refractivity contribution is 5.80. The van der Waals surface area contributed by atoms with Crippen LogP contribution in [0.25, 0.3) is 10.9 Å². The zero-order valence-electron chi connectivity index (χ0n) is 16.9. The maximum atomic E-state index is 5.46. The molecule has 0 unspecified atom stereocenters. The van der Waals surface area contributed by atoms with Crippen LogP contribution in [0.4, 0.5) is 0 Å². The molecule has 5 nitrogen and oxygen atoms in total. The molecule has 27 heavy (non-hydrogen) atoms. The van der Waals surface area contributed by atoms with Crippen LogP contribution in [0.1, 0.15) is 32.6 Å². The van der Waals surface area contributed by atoms with Crippen molar-refractivity contribution in [3.63, 3.8) is 0 Å². The van der Waals surface area contributed by atoms with E-state index >= 15 is 0 Å². The van der Waals surface area contributed by atoms with Gasteiger partial charge in [0.05, 0.1) is 0 Å². The second-order valence-corrected chi connectivity index (χ2v) is 7.42. The largest absolute Gasteiger partial charge is 0.381 e. The van der Waals surface area contributed by atoms with E-state index in [0.29, 0.717) is 0 Å². The summed E-state index contributed by atoms with van der Waals surface area (Å²) >= 11 is 0. The Bertz CT molecular complexity index is 718. The topological polar surface area (TPSA) is 41.8 Å². The predicted octanol–water partition coefficient (Wildman–Crippen LogP) is 3.75. The van der Waals surface area contributed by atoms with Crippen LogP contribution in [0.2, 0.25) is 0 Å². The van der Waals surface area contributed by atoms with Gasteiger partial charge in [0.2, 0.25) is 0 Å². The number of aryl methyl sites for hydroxylation is 1. The number of benzene rings is 1. The smallest absolute Gasteiger partial charge is 0.193 e. The Kier molecular flexibility index (Phi) is 7.57. The van der Waals surface area contributed by atoms with Gasteiger partial charge in [-0.1, -0.05) is 18.2 Å². The second kappa shape index (κ2) is 10.4. The number of hydrogen-bond acceptors (Lipinski definition) is 2. The number of guanidine groups is 1. The zero-order chi connectivity index (χ0) is 18.9. The minimum atomic E-state index is 0.797. The number of fused-ring (bicyclic) bond motifs is 1. The molecule has 1 aliphatic rings. The van der Waals surface area contributed by atoms with Crippen LogP contribution in [0.3, 0.4) is 0 Å². The Labute approximate surface area is 163 Å². The van der Waals surface area contributed by atoms with Crippen molar-refractivity contribution in [3.8, 4) is 0 Å². The van der Waals surface area contributed by atoms with Gasteiger partial charge in [-0.2, -0.15) is 0 Å². The van der Waals surface area contributed by atoms with E-state index in [2.05, 4.69) is 65.3 Å². The molecule has 1 aromatic carbocycles. The third-order valence-corrected chi connectivity index (χ3v) is 5.41. The average Bonchev–Trinajstić information content (AvgIpc) is 3.12. The van der Waals surface area contributed by atoms with Gasteiger partial charge in [0.1, 0.15) is 0 Å². The monoisotopic (exact) mass is 370 g/mol. The van der Waals surface area contributed by atoms with Crippen LogP contribution in [0.5, 0.6) is 0 Å². The molecular formula is C22H34N4O. The summed E-state index contributed by atoms with van der Waals surface area (Å²) in [5.41, 5.74) is 1.31. The average molecular weight is 371 g/mol. The molecule has 1 aromatic heterocycles. The molecule has 148 valence electrons. The molecule has 0 saturated carbocycles. The lowest BCUT2D eigenvalue weighted by molar-refractivity contribution is 0.0625. The minimum absolute atomic E-state index is 0.797. The van der Waals surface area contributed by atoms with Gasteiger partial charge >= 0.3 is 0 Å². The van der Waals surface area contributed by atoms with E-state index in [9.17, 15) is 0 Å². The molecule has 0 atom stereocenters. The summed E-state index contributed by atoms with van der Waals surface area (Å²) in [6.07, 6.45) is 6.85. The highest BCUT2D eigenvalue weighted by Crippen LogP contribution is 2.18. The zero-order valence-corrected chi connectivity index (χ0v) is 16.9. The molecule has 1 aliphatic heterocycles. The first-order valence-corrected chi connectivity index (χ1v) is 10.4. The van der Waals surface area contributed by atoms with E-state index in [4.69, 9.17) is 9.73 Å². The van der Waals surface area contributed by atoms with Gasteiger partial charge in [0.15, 0.2) is 5.96 Å². The van der Waals surface area contributed by atoms with E-state index < -0.39 is 0 Å². The Balaban J connectivity index is 1.47. The van der Waals surface area contributed by atoms with Gasteiger partial charge in [-0.25, -0.2) is 0 Å². The standard InChI is InChI=1S/C22H34N4O/c1-3-23-22(25(2)15-9-19-11-17-27-18-12-19)24-13-6-14-26-16-10-20-7-4-5-8-21(20)26/h4-5,7-8,10,16,19H,3,6,9,11-15,17-18H2,1-2H3,(H,23,24). The van der Waals surface area contributed by atoms with E-state index in [0.717, 1.165) is 57.7 Å². The highest BCUT2D eigenvalue weighted by atomic mass is 16.5. The summed E-state index contributed by atoms with van der Waals surface area (Å²) in [5, 5.41) is 4.75. The van der Waals surface area contributed by atoms with Crippen LogP contribution < -0.4 is 5.32 Å². The van der Waals surface area contributed by atoms with Gasteiger partial charge < -0.3 is 19.5 Å². The van der Waals surface area contributed by atoms with Crippen molar-refractivity contribution in [1.29, 1.82) is 0 Å². The van der Waals surface area contributed by atoms with Crippen molar-refractivity contribution in [3.05, 3.63) is 36.5 Å². The van der Waals surface area contributed by atoms with E-state index in [1.54, 1.807) is 0 Å². The van der Waals surface area contributed by atoms with Crippen LogP contribution in [-0.2, 0) is 11.3 Å². The fraction of sp³-hybridized carbons (Fsp3) is 0.591. The minimum Gasteiger partial charge on any atom is -0.381 e. The molecule has 0 bridgehead atoms. The summed E-state index contributed by atoms with van der Waals surface area (Å²) < 4.78 is 7.79. The number of aliphatic imine (C=N–C) groups is 1. The summed E-state index contributed by atoms with van der Waals surface area (Å²) in [4.78, 5) is 7.13. The van der Waals surface area contributed by atoms with Crippen LogP contribution in [0.15, 0.2) is 41.5 Å². The maximum Gasteiger partial charge on any atom is 0.193 e. The molecule has 3 rings (SSSR count). The van der Waals surface area contributed by atoms with E-state index in [-0.39, 0.29) is 0 Å². The van der Waals surface area contributed by atoms with Crippen molar-refractivity contribution in [2.24, 2.45) is 10.9 Å². The van der Waals surface area contributed by atoms with Gasteiger partial charge in [0, 0.05) is 58.2 Å². The SMILES string of the molecule is CCNC(=NCCCn1ccc2ccccc21)N(C)CCC1CCOCC1. The molecule has 2 heterocycles. The van der Waals surface area contributed by atoms with Crippen molar-refractivity contribution in [2.45, 2.75) is 39.2 Å². The van der Waals surface area contributed by atoms with Crippen LogP contribution >= 0.6 is 0 Å². The van der Waals surface area contributed by atoms with E-state index in [1.807, 2.05) is 0 Å². The molecule has 1 fully saturated rings. The van der Waals surface area contributed by atoms with Gasteiger partial charge in [-0.05, 0) is 56.0 Å². The molecule has 5 heteroatoms. The van der Waals surface area contributed by atoms with Crippen molar-refractivity contribution in [1.82, 2.24) is 14.8 Å². The normalized spacial score (nSPS) is 16.0. The first-order chi connectivity index (χ1) is 13.3. The Morgan fingerprint density at radius 2 is 2.07 bits per heavy atom. The Morgan fingerprint density at radius 3 is 2.89 bits per heavy atom. The number of rotatable bonds is 8. The quantitative estimate of drug-likeness (QED) is 0.437. The first kappa shape index (κ1) is 19.7. The highest BCUT2D eigenvalue weighted by Gasteiger charge is 2.15. The number of para-hydroxylation sites is 1. The number of ether oxygens (including phenoxy) is 1. The summed E-state index contributed by atoms with van der Waals surface area (Å²) in [6.45, 7) is 7.79. The van der Waals surface area contributed by atoms with Crippen molar-refractivity contribution >= 4 is 16.9 Å². The van der Waals surface area contributed by atoms with Crippen LogP contribution in [-0.4, -0.2) is 55.3 Å². The van der Waals surface area contributed by atoms with Crippen LogP contribution in [0, 0.1) is 5.92 Å². The number of hydrogen-bond donors (Lipinski definition) is 1.